The van der Waals surface area contributed by atoms with Crippen molar-refractivity contribution in [3.8, 4) is 0 Å². The summed E-state index contributed by atoms with van der Waals surface area (Å²) in [6, 6.07) is 2.42. The van der Waals surface area contributed by atoms with Gasteiger partial charge >= 0.3 is 0 Å². The standard InChI is InChI=1S/C12H16ClN3O4/c1-2-20-5-3-4-15-12(17)8-6-9(13)11(14)10(7-8)16(18)19/h6-7H,2-5,14H2,1H3,(H,15,17). The molecule has 0 bridgehead atoms. The maximum Gasteiger partial charge on any atom is 0.294 e. The Labute approximate surface area is 121 Å². The summed E-state index contributed by atoms with van der Waals surface area (Å²) in [5.74, 6) is -0.438. The van der Waals surface area contributed by atoms with Crippen molar-refractivity contribution >= 4 is 28.9 Å². The van der Waals surface area contributed by atoms with Gasteiger partial charge in [-0.2, -0.15) is 0 Å². The highest BCUT2D eigenvalue weighted by Gasteiger charge is 2.19. The summed E-state index contributed by atoms with van der Waals surface area (Å²) < 4.78 is 5.13. The van der Waals surface area contributed by atoms with Crippen molar-refractivity contribution in [3.05, 3.63) is 32.8 Å². The summed E-state index contributed by atoms with van der Waals surface area (Å²) in [7, 11) is 0. The van der Waals surface area contributed by atoms with Crippen LogP contribution in [0.1, 0.15) is 23.7 Å². The number of nitrogens with zero attached hydrogens (tertiary/aromatic N) is 1. The molecule has 0 unspecified atom stereocenters. The van der Waals surface area contributed by atoms with Gasteiger partial charge in [0.2, 0.25) is 0 Å². The fourth-order valence-corrected chi connectivity index (χ4v) is 1.72. The van der Waals surface area contributed by atoms with Crippen LogP contribution in [0.3, 0.4) is 0 Å². The summed E-state index contributed by atoms with van der Waals surface area (Å²) in [6.45, 7) is 3.45. The summed E-state index contributed by atoms with van der Waals surface area (Å²) in [4.78, 5) is 22.0. The van der Waals surface area contributed by atoms with Crippen LogP contribution in [0.15, 0.2) is 12.1 Å². The molecule has 1 rings (SSSR count). The van der Waals surface area contributed by atoms with Gasteiger partial charge in [-0.3, -0.25) is 14.9 Å². The lowest BCUT2D eigenvalue weighted by molar-refractivity contribution is -0.383. The molecule has 0 aliphatic carbocycles. The first-order valence-electron chi connectivity index (χ1n) is 6.06. The summed E-state index contributed by atoms with van der Waals surface area (Å²) >= 11 is 5.78. The molecule has 0 fully saturated rings. The maximum atomic E-state index is 11.8. The average Bonchev–Trinajstić information content (AvgIpc) is 2.40. The Bertz CT molecular complexity index is 508. The second-order valence-electron chi connectivity index (χ2n) is 3.95. The Balaban J connectivity index is 2.71. The molecule has 0 radical (unpaired) electrons. The van der Waals surface area contributed by atoms with E-state index in [1.54, 1.807) is 0 Å². The lowest BCUT2D eigenvalue weighted by Gasteiger charge is -2.07. The van der Waals surface area contributed by atoms with Gasteiger partial charge in [-0.1, -0.05) is 11.6 Å². The molecule has 0 aromatic heterocycles. The zero-order valence-electron chi connectivity index (χ0n) is 11.0. The second-order valence-corrected chi connectivity index (χ2v) is 4.36. The van der Waals surface area contributed by atoms with Crippen molar-refractivity contribution in [1.82, 2.24) is 5.32 Å². The predicted molar refractivity (Wildman–Crippen MR) is 76.0 cm³/mol. The quantitative estimate of drug-likeness (QED) is 0.346. The number of ether oxygens (including phenoxy) is 1. The molecule has 0 aliphatic rings. The molecule has 3 N–H and O–H groups in total. The van der Waals surface area contributed by atoms with E-state index in [1.807, 2.05) is 6.92 Å². The van der Waals surface area contributed by atoms with Gasteiger partial charge in [-0.25, -0.2) is 0 Å². The molecular formula is C12H16ClN3O4. The van der Waals surface area contributed by atoms with E-state index >= 15 is 0 Å². The molecular weight excluding hydrogens is 286 g/mol. The van der Waals surface area contributed by atoms with E-state index in [0.29, 0.717) is 26.2 Å². The number of carbonyl (C=O) groups is 1. The van der Waals surface area contributed by atoms with Crippen LogP contribution in [0.4, 0.5) is 11.4 Å². The molecule has 1 amide bonds. The number of hydrogen-bond donors (Lipinski definition) is 2. The Morgan fingerprint density at radius 2 is 2.25 bits per heavy atom. The number of nitro benzene ring substituents is 1. The number of nitrogens with two attached hydrogens (primary N) is 1. The molecule has 7 nitrogen and oxygen atoms in total. The van der Waals surface area contributed by atoms with Crippen LogP contribution in [0.2, 0.25) is 5.02 Å². The van der Waals surface area contributed by atoms with Crippen LogP contribution < -0.4 is 11.1 Å². The number of nitrogens with one attached hydrogen (secondary N) is 1. The van der Waals surface area contributed by atoms with Crippen molar-refractivity contribution in [3.63, 3.8) is 0 Å². The molecule has 0 spiro atoms. The predicted octanol–water partition coefficient (Wildman–Crippen LogP) is 1.99. The molecule has 20 heavy (non-hydrogen) atoms. The number of amides is 1. The third-order valence-corrected chi connectivity index (χ3v) is 2.83. The molecule has 8 heteroatoms. The summed E-state index contributed by atoms with van der Waals surface area (Å²) in [6.07, 6.45) is 0.657. The smallest absolute Gasteiger partial charge is 0.294 e. The van der Waals surface area contributed by atoms with Gasteiger partial charge < -0.3 is 15.8 Å². The highest BCUT2D eigenvalue weighted by molar-refractivity contribution is 6.34. The number of nitro groups is 1. The minimum atomic E-state index is -0.674. The van der Waals surface area contributed by atoms with Gasteiger partial charge in [0.05, 0.1) is 9.95 Å². The maximum absolute atomic E-state index is 11.8. The average molecular weight is 302 g/mol. The lowest BCUT2D eigenvalue weighted by Crippen LogP contribution is -2.25. The van der Waals surface area contributed by atoms with Crippen LogP contribution in [0, 0.1) is 10.1 Å². The third-order valence-electron chi connectivity index (χ3n) is 2.52. The van der Waals surface area contributed by atoms with E-state index in [4.69, 9.17) is 22.1 Å². The second kappa shape index (κ2) is 7.66. The van der Waals surface area contributed by atoms with Gasteiger partial charge in [0, 0.05) is 31.4 Å². The van der Waals surface area contributed by atoms with Crippen LogP contribution >= 0.6 is 11.6 Å². The number of rotatable bonds is 7. The minimum absolute atomic E-state index is 0.0151. The van der Waals surface area contributed by atoms with Crippen LogP contribution in [0.5, 0.6) is 0 Å². The highest BCUT2D eigenvalue weighted by Crippen LogP contribution is 2.30. The van der Waals surface area contributed by atoms with E-state index < -0.39 is 10.8 Å². The Morgan fingerprint density at radius 1 is 1.55 bits per heavy atom. The zero-order valence-corrected chi connectivity index (χ0v) is 11.8. The first kappa shape index (κ1) is 16.2. The first-order chi connectivity index (χ1) is 9.47. The van der Waals surface area contributed by atoms with Crippen molar-refractivity contribution in [1.29, 1.82) is 0 Å². The van der Waals surface area contributed by atoms with Crippen LogP contribution in [0.25, 0.3) is 0 Å². The Kier molecular flexibility index (Phi) is 6.20. The van der Waals surface area contributed by atoms with E-state index in [-0.39, 0.29) is 22.0 Å². The van der Waals surface area contributed by atoms with Gasteiger partial charge in [-0.05, 0) is 19.4 Å². The van der Waals surface area contributed by atoms with Crippen molar-refractivity contribution in [2.24, 2.45) is 0 Å². The van der Waals surface area contributed by atoms with E-state index in [0.717, 1.165) is 6.07 Å². The number of benzene rings is 1. The zero-order chi connectivity index (χ0) is 15.1. The van der Waals surface area contributed by atoms with Crippen molar-refractivity contribution in [2.75, 3.05) is 25.5 Å². The molecule has 110 valence electrons. The first-order valence-corrected chi connectivity index (χ1v) is 6.44. The fourth-order valence-electron chi connectivity index (χ4n) is 1.51. The fraction of sp³-hybridized carbons (Fsp3) is 0.417. The molecule has 1 aromatic rings. The number of nitrogen functional groups attached to an aromatic ring is 1. The summed E-state index contributed by atoms with van der Waals surface area (Å²) in [5, 5.41) is 13.4. The topological polar surface area (TPSA) is 107 Å². The van der Waals surface area contributed by atoms with Gasteiger partial charge in [0.15, 0.2) is 0 Å². The normalized spacial score (nSPS) is 10.3. The molecule has 0 atom stereocenters. The van der Waals surface area contributed by atoms with Crippen molar-refractivity contribution < 1.29 is 14.5 Å². The highest BCUT2D eigenvalue weighted by atomic mass is 35.5. The lowest BCUT2D eigenvalue weighted by atomic mass is 10.1. The number of halogens is 1. The van der Waals surface area contributed by atoms with E-state index in [2.05, 4.69) is 5.32 Å². The Hall–Kier alpha value is -1.86. The summed E-state index contributed by atoms with van der Waals surface area (Å²) in [5.41, 5.74) is 5.06. The number of carbonyl (C=O) groups excluding carboxylic acids is 1. The van der Waals surface area contributed by atoms with Crippen LogP contribution in [-0.2, 0) is 4.74 Å². The monoisotopic (exact) mass is 301 g/mol. The molecule has 1 aromatic carbocycles. The van der Waals surface area contributed by atoms with E-state index in [1.165, 1.54) is 6.07 Å². The minimum Gasteiger partial charge on any atom is -0.392 e. The molecule has 0 heterocycles. The largest absolute Gasteiger partial charge is 0.392 e. The van der Waals surface area contributed by atoms with Crippen molar-refractivity contribution in [2.45, 2.75) is 13.3 Å². The SMILES string of the molecule is CCOCCCNC(=O)c1cc(Cl)c(N)c([N+](=O)[O-])c1. The third kappa shape index (κ3) is 4.36. The van der Waals surface area contributed by atoms with Gasteiger partial charge in [0.25, 0.3) is 11.6 Å². The molecule has 0 saturated carbocycles. The number of anilines is 1. The van der Waals surface area contributed by atoms with Gasteiger partial charge in [0.1, 0.15) is 5.69 Å². The van der Waals surface area contributed by atoms with E-state index in [9.17, 15) is 14.9 Å². The number of hydrogen-bond acceptors (Lipinski definition) is 5. The Morgan fingerprint density at radius 3 is 2.85 bits per heavy atom. The molecule has 0 saturated heterocycles. The van der Waals surface area contributed by atoms with Gasteiger partial charge in [-0.15, -0.1) is 0 Å². The molecule has 0 aliphatic heterocycles. The van der Waals surface area contributed by atoms with Crippen LogP contribution in [-0.4, -0.2) is 30.6 Å².